The summed E-state index contributed by atoms with van der Waals surface area (Å²) in [7, 11) is 1.62. The SMILES string of the molecule is CNC(=O)C(C)Sc1nnnn1CCc1cccs1. The van der Waals surface area contributed by atoms with E-state index in [2.05, 4.69) is 32.3 Å². The maximum absolute atomic E-state index is 11.5. The molecular weight excluding hydrogens is 282 g/mol. The van der Waals surface area contributed by atoms with Gasteiger partial charge >= 0.3 is 0 Å². The number of amides is 1. The monoisotopic (exact) mass is 297 g/mol. The van der Waals surface area contributed by atoms with Crippen LogP contribution < -0.4 is 5.32 Å². The second-order valence-electron chi connectivity index (χ2n) is 3.89. The molecule has 1 N–H and O–H groups in total. The highest BCUT2D eigenvalue weighted by molar-refractivity contribution is 8.00. The van der Waals surface area contributed by atoms with Crippen molar-refractivity contribution in [3.05, 3.63) is 22.4 Å². The maximum Gasteiger partial charge on any atom is 0.233 e. The zero-order valence-electron chi connectivity index (χ0n) is 10.7. The van der Waals surface area contributed by atoms with Crippen molar-refractivity contribution in [2.24, 2.45) is 0 Å². The van der Waals surface area contributed by atoms with E-state index in [9.17, 15) is 4.79 Å². The topological polar surface area (TPSA) is 72.7 Å². The van der Waals surface area contributed by atoms with Crippen LogP contribution in [0.5, 0.6) is 0 Å². The second kappa shape index (κ2) is 6.67. The van der Waals surface area contributed by atoms with Crippen LogP contribution in [-0.2, 0) is 17.8 Å². The summed E-state index contributed by atoms with van der Waals surface area (Å²) >= 11 is 3.09. The van der Waals surface area contributed by atoms with Gasteiger partial charge in [-0.3, -0.25) is 4.79 Å². The molecule has 0 aliphatic heterocycles. The van der Waals surface area contributed by atoms with Crippen LogP contribution in [-0.4, -0.2) is 38.4 Å². The number of rotatable bonds is 6. The molecule has 0 aromatic carbocycles. The second-order valence-corrected chi connectivity index (χ2v) is 6.23. The predicted molar refractivity (Wildman–Crippen MR) is 75.2 cm³/mol. The van der Waals surface area contributed by atoms with Crippen molar-refractivity contribution in [2.45, 2.75) is 30.3 Å². The molecule has 0 spiro atoms. The van der Waals surface area contributed by atoms with E-state index < -0.39 is 0 Å². The number of hydrogen-bond donors (Lipinski definition) is 1. The lowest BCUT2D eigenvalue weighted by atomic mass is 10.3. The van der Waals surface area contributed by atoms with Crippen molar-refractivity contribution in [1.29, 1.82) is 0 Å². The van der Waals surface area contributed by atoms with Crippen LogP contribution >= 0.6 is 23.1 Å². The number of nitrogens with zero attached hydrogens (tertiary/aromatic N) is 4. The van der Waals surface area contributed by atoms with Crippen LogP contribution in [0.1, 0.15) is 11.8 Å². The minimum atomic E-state index is -0.212. The quantitative estimate of drug-likeness (QED) is 0.811. The van der Waals surface area contributed by atoms with Crippen LogP contribution in [0.3, 0.4) is 0 Å². The molecule has 2 rings (SSSR count). The lowest BCUT2D eigenvalue weighted by molar-refractivity contribution is -0.119. The zero-order valence-corrected chi connectivity index (χ0v) is 12.4. The number of carbonyl (C=O) groups excluding carboxylic acids is 1. The number of tetrazole rings is 1. The summed E-state index contributed by atoms with van der Waals surface area (Å²) in [5.41, 5.74) is 0. The van der Waals surface area contributed by atoms with Gasteiger partial charge in [0.1, 0.15) is 0 Å². The molecule has 0 saturated heterocycles. The minimum Gasteiger partial charge on any atom is -0.358 e. The summed E-state index contributed by atoms with van der Waals surface area (Å²) in [6, 6.07) is 4.12. The highest BCUT2D eigenvalue weighted by Crippen LogP contribution is 2.20. The Labute approximate surface area is 119 Å². The smallest absolute Gasteiger partial charge is 0.233 e. The molecule has 1 unspecified atom stereocenters. The van der Waals surface area contributed by atoms with Crippen LogP contribution in [0.25, 0.3) is 0 Å². The van der Waals surface area contributed by atoms with Gasteiger partial charge in [0, 0.05) is 18.3 Å². The fourth-order valence-electron chi connectivity index (χ4n) is 1.51. The molecule has 1 atom stereocenters. The van der Waals surface area contributed by atoms with E-state index >= 15 is 0 Å². The summed E-state index contributed by atoms with van der Waals surface area (Å²) in [5.74, 6) is -0.0298. The molecule has 2 aromatic heterocycles. The lowest BCUT2D eigenvalue weighted by Crippen LogP contribution is -2.27. The Balaban J connectivity index is 1.95. The molecule has 8 heteroatoms. The molecule has 0 bridgehead atoms. The van der Waals surface area contributed by atoms with Crippen LogP contribution in [0.4, 0.5) is 0 Å². The summed E-state index contributed by atoms with van der Waals surface area (Å²) < 4.78 is 1.74. The van der Waals surface area contributed by atoms with Gasteiger partial charge in [-0.1, -0.05) is 17.8 Å². The molecule has 0 aliphatic carbocycles. The average Bonchev–Trinajstić information content (AvgIpc) is 3.06. The van der Waals surface area contributed by atoms with Crippen molar-refractivity contribution in [3.63, 3.8) is 0 Å². The third kappa shape index (κ3) is 3.77. The van der Waals surface area contributed by atoms with E-state index in [1.54, 1.807) is 23.1 Å². The van der Waals surface area contributed by atoms with Gasteiger partial charge in [-0.15, -0.1) is 16.4 Å². The number of carbonyl (C=O) groups is 1. The third-order valence-corrected chi connectivity index (χ3v) is 4.55. The Morgan fingerprint density at radius 2 is 2.47 bits per heavy atom. The average molecular weight is 297 g/mol. The first-order valence-corrected chi connectivity index (χ1v) is 7.63. The molecule has 0 saturated carbocycles. The fraction of sp³-hybridized carbons (Fsp3) is 0.455. The van der Waals surface area contributed by atoms with E-state index in [-0.39, 0.29) is 11.2 Å². The maximum atomic E-state index is 11.5. The number of thioether (sulfide) groups is 1. The summed E-state index contributed by atoms with van der Waals surface area (Å²) in [6.07, 6.45) is 0.893. The van der Waals surface area contributed by atoms with E-state index in [0.29, 0.717) is 5.16 Å². The van der Waals surface area contributed by atoms with Gasteiger partial charge < -0.3 is 5.32 Å². The van der Waals surface area contributed by atoms with Crippen molar-refractivity contribution in [2.75, 3.05) is 7.05 Å². The van der Waals surface area contributed by atoms with E-state index in [4.69, 9.17) is 0 Å². The Hall–Kier alpha value is -1.41. The van der Waals surface area contributed by atoms with Gasteiger partial charge in [-0.25, -0.2) is 4.68 Å². The molecule has 19 heavy (non-hydrogen) atoms. The number of aryl methyl sites for hydroxylation is 2. The predicted octanol–water partition coefficient (Wildman–Crippen LogP) is 1.20. The van der Waals surface area contributed by atoms with Gasteiger partial charge in [0.05, 0.1) is 11.8 Å². The van der Waals surface area contributed by atoms with Gasteiger partial charge in [-0.2, -0.15) is 0 Å². The van der Waals surface area contributed by atoms with Gasteiger partial charge in [0.15, 0.2) is 0 Å². The van der Waals surface area contributed by atoms with Crippen molar-refractivity contribution in [3.8, 4) is 0 Å². The Morgan fingerprint density at radius 3 is 3.16 bits per heavy atom. The van der Waals surface area contributed by atoms with E-state index in [1.807, 2.05) is 13.0 Å². The fourth-order valence-corrected chi connectivity index (χ4v) is 3.08. The highest BCUT2D eigenvalue weighted by atomic mass is 32.2. The largest absolute Gasteiger partial charge is 0.358 e. The molecule has 102 valence electrons. The van der Waals surface area contributed by atoms with Crippen LogP contribution in [0, 0.1) is 0 Å². The van der Waals surface area contributed by atoms with Crippen LogP contribution in [0.15, 0.2) is 22.7 Å². The number of aromatic nitrogens is 4. The molecular formula is C11H15N5OS2. The van der Waals surface area contributed by atoms with Crippen molar-refractivity contribution >= 4 is 29.0 Å². The van der Waals surface area contributed by atoms with E-state index in [0.717, 1.165) is 13.0 Å². The highest BCUT2D eigenvalue weighted by Gasteiger charge is 2.17. The molecule has 0 radical (unpaired) electrons. The standard InChI is InChI=1S/C11H15N5OS2/c1-8(10(17)12-2)19-11-13-14-15-16(11)6-5-9-4-3-7-18-9/h3-4,7-8H,5-6H2,1-2H3,(H,12,17). The molecule has 0 fully saturated rings. The summed E-state index contributed by atoms with van der Waals surface area (Å²) in [5, 5.41) is 16.7. The van der Waals surface area contributed by atoms with Gasteiger partial charge in [-0.05, 0) is 28.8 Å². The van der Waals surface area contributed by atoms with Gasteiger partial charge in [0.25, 0.3) is 0 Å². The first-order chi connectivity index (χ1) is 9.20. The minimum absolute atomic E-state index is 0.0298. The number of thiophene rings is 1. The molecule has 2 aromatic rings. The Kier molecular flexibility index (Phi) is 4.92. The first kappa shape index (κ1) is 14.0. The molecule has 0 aliphatic rings. The lowest BCUT2D eigenvalue weighted by Gasteiger charge is -2.08. The van der Waals surface area contributed by atoms with Gasteiger partial charge in [0.2, 0.25) is 11.1 Å². The Morgan fingerprint density at radius 1 is 1.63 bits per heavy atom. The Bertz CT molecular complexity index is 525. The first-order valence-electron chi connectivity index (χ1n) is 5.87. The van der Waals surface area contributed by atoms with E-state index in [1.165, 1.54) is 16.6 Å². The van der Waals surface area contributed by atoms with Crippen LogP contribution in [0.2, 0.25) is 0 Å². The van der Waals surface area contributed by atoms with Crippen molar-refractivity contribution in [1.82, 2.24) is 25.5 Å². The third-order valence-electron chi connectivity index (χ3n) is 2.55. The molecule has 2 heterocycles. The summed E-state index contributed by atoms with van der Waals surface area (Å²) in [4.78, 5) is 12.8. The zero-order chi connectivity index (χ0) is 13.7. The number of hydrogen-bond acceptors (Lipinski definition) is 6. The molecule has 1 amide bonds. The number of nitrogens with one attached hydrogen (secondary N) is 1. The normalized spacial score (nSPS) is 12.3. The summed E-state index contributed by atoms with van der Waals surface area (Å²) in [6.45, 7) is 2.55. The molecule has 6 nitrogen and oxygen atoms in total. The van der Waals surface area contributed by atoms with Crippen molar-refractivity contribution < 1.29 is 4.79 Å².